The molecular weight excluding hydrogens is 240 g/mol. The molecule has 2 aliphatic heterocycles. The van der Waals surface area contributed by atoms with E-state index in [0.29, 0.717) is 19.2 Å². The zero-order valence-electron chi connectivity index (χ0n) is 10.2. The van der Waals surface area contributed by atoms with Crippen molar-refractivity contribution in [1.29, 1.82) is 0 Å². The first-order valence-electron chi connectivity index (χ1n) is 6.48. The van der Waals surface area contributed by atoms with Crippen LogP contribution in [-0.2, 0) is 14.8 Å². The minimum atomic E-state index is -3.16. The van der Waals surface area contributed by atoms with Crippen molar-refractivity contribution in [2.24, 2.45) is 0 Å². The van der Waals surface area contributed by atoms with E-state index in [4.69, 9.17) is 4.74 Å². The highest BCUT2D eigenvalue weighted by Crippen LogP contribution is 2.13. The number of hydrogen-bond donors (Lipinski definition) is 2. The van der Waals surface area contributed by atoms with Crippen LogP contribution in [0, 0.1) is 0 Å². The molecule has 0 aromatic rings. The van der Waals surface area contributed by atoms with Crippen LogP contribution in [0.25, 0.3) is 0 Å². The maximum Gasteiger partial charge on any atom is 0.214 e. The highest BCUT2D eigenvalue weighted by atomic mass is 32.2. The molecule has 0 radical (unpaired) electrons. The summed E-state index contributed by atoms with van der Waals surface area (Å²) in [6.07, 6.45) is 4.99. The molecule has 0 amide bonds. The quantitative estimate of drug-likeness (QED) is 0.719. The van der Waals surface area contributed by atoms with E-state index < -0.39 is 10.0 Å². The Morgan fingerprint density at radius 3 is 2.82 bits per heavy atom. The van der Waals surface area contributed by atoms with E-state index in [-0.39, 0.29) is 11.9 Å². The van der Waals surface area contributed by atoms with Crippen molar-refractivity contribution in [3.63, 3.8) is 0 Å². The van der Waals surface area contributed by atoms with Crippen LogP contribution in [0.3, 0.4) is 0 Å². The maximum atomic E-state index is 11.7. The van der Waals surface area contributed by atoms with Crippen molar-refractivity contribution in [2.45, 2.75) is 44.2 Å². The van der Waals surface area contributed by atoms with Gasteiger partial charge in [-0.3, -0.25) is 0 Å². The molecule has 2 fully saturated rings. The Hall–Kier alpha value is -0.170. The molecule has 0 spiro atoms. The molecule has 6 heteroatoms. The molecule has 0 bridgehead atoms. The van der Waals surface area contributed by atoms with Gasteiger partial charge in [0.2, 0.25) is 10.0 Å². The van der Waals surface area contributed by atoms with Crippen LogP contribution in [0.15, 0.2) is 0 Å². The van der Waals surface area contributed by atoms with Gasteiger partial charge in [0, 0.05) is 19.2 Å². The zero-order chi connectivity index (χ0) is 12.1. The van der Waals surface area contributed by atoms with Gasteiger partial charge in [0.25, 0.3) is 0 Å². The van der Waals surface area contributed by atoms with Crippen molar-refractivity contribution in [3.8, 4) is 0 Å². The van der Waals surface area contributed by atoms with E-state index in [1.54, 1.807) is 0 Å². The van der Waals surface area contributed by atoms with E-state index in [1.165, 1.54) is 6.42 Å². The summed E-state index contributed by atoms with van der Waals surface area (Å²) in [5.74, 6) is 0.116. The summed E-state index contributed by atoms with van der Waals surface area (Å²) in [5.41, 5.74) is 0. The normalized spacial score (nSPS) is 29.9. The average molecular weight is 262 g/mol. The molecule has 0 aromatic heterocycles. The van der Waals surface area contributed by atoms with Crippen molar-refractivity contribution in [3.05, 3.63) is 0 Å². The third kappa shape index (κ3) is 4.54. The second kappa shape index (κ2) is 6.13. The lowest BCUT2D eigenvalue weighted by Gasteiger charge is -2.13. The minimum absolute atomic E-state index is 0.0999. The Labute approximate surface area is 103 Å². The summed E-state index contributed by atoms with van der Waals surface area (Å²) in [7, 11) is -3.16. The summed E-state index contributed by atoms with van der Waals surface area (Å²) in [5, 5.41) is 3.36. The average Bonchev–Trinajstić information content (AvgIpc) is 2.89. The smallest absolute Gasteiger partial charge is 0.214 e. The third-order valence-electron chi connectivity index (χ3n) is 3.41. The van der Waals surface area contributed by atoms with Gasteiger partial charge >= 0.3 is 0 Å². The Kier molecular flexibility index (Phi) is 4.78. The molecule has 2 saturated heterocycles. The Morgan fingerprint density at radius 1 is 1.29 bits per heavy atom. The van der Waals surface area contributed by atoms with Gasteiger partial charge in [-0.2, -0.15) is 0 Å². The lowest BCUT2D eigenvalue weighted by molar-refractivity contribution is 0.127. The Morgan fingerprint density at radius 2 is 2.18 bits per heavy atom. The monoisotopic (exact) mass is 262 g/mol. The first kappa shape index (κ1) is 13.3. The van der Waals surface area contributed by atoms with Gasteiger partial charge in [0.1, 0.15) is 0 Å². The van der Waals surface area contributed by atoms with Gasteiger partial charge < -0.3 is 10.1 Å². The summed E-state index contributed by atoms with van der Waals surface area (Å²) in [4.78, 5) is 0. The summed E-state index contributed by atoms with van der Waals surface area (Å²) in [6, 6.07) is 0.487. The van der Waals surface area contributed by atoms with Crippen LogP contribution in [0.5, 0.6) is 0 Å². The van der Waals surface area contributed by atoms with Gasteiger partial charge in [0.15, 0.2) is 0 Å². The standard InChI is InChI=1S/C11H22N2O3S/c14-17(15,9-11-4-2-8-16-11)13-7-5-10-3-1-6-12-10/h10-13H,1-9H2/t10-,11?/m0/s1. The van der Waals surface area contributed by atoms with Gasteiger partial charge in [-0.25, -0.2) is 13.1 Å². The molecule has 1 unspecified atom stereocenters. The predicted molar refractivity (Wildman–Crippen MR) is 66.4 cm³/mol. The fraction of sp³-hybridized carbons (Fsp3) is 1.00. The van der Waals surface area contributed by atoms with Crippen LogP contribution in [0.2, 0.25) is 0 Å². The van der Waals surface area contributed by atoms with E-state index in [2.05, 4.69) is 10.0 Å². The molecule has 100 valence electrons. The van der Waals surface area contributed by atoms with Crippen LogP contribution < -0.4 is 10.0 Å². The number of nitrogens with one attached hydrogen (secondary N) is 2. The summed E-state index contributed by atoms with van der Waals surface area (Å²) >= 11 is 0. The van der Waals surface area contributed by atoms with Gasteiger partial charge in [-0.05, 0) is 38.6 Å². The van der Waals surface area contributed by atoms with Gasteiger partial charge in [-0.1, -0.05) is 0 Å². The number of ether oxygens (including phenoxy) is 1. The maximum absolute atomic E-state index is 11.7. The Balaban J connectivity index is 1.65. The van der Waals surface area contributed by atoms with Gasteiger partial charge in [0.05, 0.1) is 11.9 Å². The number of sulfonamides is 1. The highest BCUT2D eigenvalue weighted by molar-refractivity contribution is 7.89. The lowest BCUT2D eigenvalue weighted by atomic mass is 10.2. The second-order valence-corrected chi connectivity index (χ2v) is 6.74. The van der Waals surface area contributed by atoms with Crippen LogP contribution >= 0.6 is 0 Å². The van der Waals surface area contributed by atoms with E-state index in [1.807, 2.05) is 0 Å². The second-order valence-electron chi connectivity index (χ2n) is 4.89. The van der Waals surface area contributed by atoms with Gasteiger partial charge in [-0.15, -0.1) is 0 Å². The third-order valence-corrected chi connectivity index (χ3v) is 4.86. The lowest BCUT2D eigenvalue weighted by Crippen LogP contribution is -2.35. The van der Waals surface area contributed by atoms with E-state index in [9.17, 15) is 8.42 Å². The topological polar surface area (TPSA) is 67.4 Å². The van der Waals surface area contributed by atoms with Crippen molar-refractivity contribution < 1.29 is 13.2 Å². The molecular formula is C11H22N2O3S. The molecule has 2 atom stereocenters. The van der Waals surface area contributed by atoms with E-state index in [0.717, 1.165) is 32.2 Å². The first-order chi connectivity index (χ1) is 8.16. The molecule has 17 heavy (non-hydrogen) atoms. The molecule has 2 heterocycles. The first-order valence-corrected chi connectivity index (χ1v) is 8.13. The van der Waals surface area contributed by atoms with Crippen molar-refractivity contribution in [2.75, 3.05) is 25.4 Å². The largest absolute Gasteiger partial charge is 0.377 e. The van der Waals surface area contributed by atoms with Crippen LogP contribution in [0.4, 0.5) is 0 Å². The van der Waals surface area contributed by atoms with Crippen LogP contribution in [-0.4, -0.2) is 46.0 Å². The molecule has 0 saturated carbocycles. The predicted octanol–water partition coefficient (Wildman–Crippen LogP) is 0.227. The SMILES string of the molecule is O=S(=O)(CC1CCCO1)NCC[C@@H]1CCCN1. The summed E-state index contributed by atoms with van der Waals surface area (Å²) < 4.78 is 31.5. The van der Waals surface area contributed by atoms with E-state index >= 15 is 0 Å². The number of rotatable bonds is 6. The fourth-order valence-electron chi connectivity index (χ4n) is 2.47. The van der Waals surface area contributed by atoms with Crippen LogP contribution in [0.1, 0.15) is 32.1 Å². The fourth-order valence-corrected chi connectivity index (χ4v) is 3.77. The zero-order valence-corrected chi connectivity index (χ0v) is 11.0. The molecule has 2 aliphatic rings. The minimum Gasteiger partial charge on any atom is -0.377 e. The summed E-state index contributed by atoms with van der Waals surface area (Å²) in [6.45, 7) is 2.30. The number of hydrogen-bond acceptors (Lipinski definition) is 4. The van der Waals surface area contributed by atoms with Crippen molar-refractivity contribution in [1.82, 2.24) is 10.0 Å². The molecule has 2 rings (SSSR count). The van der Waals surface area contributed by atoms with Crippen molar-refractivity contribution >= 4 is 10.0 Å². The molecule has 0 aliphatic carbocycles. The molecule has 5 nitrogen and oxygen atoms in total. The highest BCUT2D eigenvalue weighted by Gasteiger charge is 2.23. The molecule has 0 aromatic carbocycles. The molecule has 2 N–H and O–H groups in total. The Bertz CT molecular complexity index is 320.